The van der Waals surface area contributed by atoms with Gasteiger partial charge in [-0.05, 0) is 26.7 Å². The van der Waals surface area contributed by atoms with Gasteiger partial charge in [-0.2, -0.15) is 0 Å². The molecule has 0 aromatic rings. The van der Waals surface area contributed by atoms with Gasteiger partial charge in [0.1, 0.15) is 12.5 Å². The molecule has 0 saturated carbocycles. The molecule has 0 radical (unpaired) electrons. The van der Waals surface area contributed by atoms with Crippen molar-refractivity contribution in [3.8, 4) is 0 Å². The van der Waals surface area contributed by atoms with Crippen LogP contribution in [0.3, 0.4) is 0 Å². The van der Waals surface area contributed by atoms with E-state index in [4.69, 9.17) is 4.74 Å². The largest absolute Gasteiger partial charge is 0.381 e. The van der Waals surface area contributed by atoms with E-state index in [1.807, 2.05) is 0 Å². The van der Waals surface area contributed by atoms with Crippen molar-refractivity contribution in [2.45, 2.75) is 117 Å². The maximum Gasteiger partial charge on any atom is 0.106 e. The minimum atomic E-state index is -0.614. The van der Waals surface area contributed by atoms with Gasteiger partial charge in [0.05, 0.1) is 0 Å². The molecule has 2 atom stereocenters. The van der Waals surface area contributed by atoms with Gasteiger partial charge in [0.15, 0.2) is 0 Å². The lowest BCUT2D eigenvalue weighted by atomic mass is 10.1. The fraction of sp³-hybridized carbons (Fsp3) is 1.00. The van der Waals surface area contributed by atoms with Gasteiger partial charge in [-0.15, -0.1) is 0 Å². The van der Waals surface area contributed by atoms with Crippen LogP contribution < -0.4 is 0 Å². The van der Waals surface area contributed by atoms with Crippen LogP contribution in [0.2, 0.25) is 0 Å². The molecule has 0 aliphatic rings. The Hall–Kier alpha value is -0.160. The molecule has 0 fully saturated rings. The molecular formula is C21H45NO3. The van der Waals surface area contributed by atoms with Gasteiger partial charge in [-0.25, -0.2) is 0 Å². The van der Waals surface area contributed by atoms with E-state index >= 15 is 0 Å². The summed E-state index contributed by atoms with van der Waals surface area (Å²) in [5.74, 6) is 0. The van der Waals surface area contributed by atoms with Crippen molar-refractivity contribution in [1.82, 2.24) is 4.90 Å². The number of hydrogen-bond donors (Lipinski definition) is 2. The molecule has 0 aromatic heterocycles. The van der Waals surface area contributed by atoms with E-state index in [-0.39, 0.29) is 0 Å². The number of aliphatic hydroxyl groups excluding tert-OH is 2. The summed E-state index contributed by atoms with van der Waals surface area (Å²) in [4.78, 5) is 1.66. The Labute approximate surface area is 156 Å². The predicted octanol–water partition coefficient (Wildman–Crippen LogP) is 5.07. The lowest BCUT2D eigenvalue weighted by Gasteiger charge is -2.27. The summed E-state index contributed by atoms with van der Waals surface area (Å²) in [5, 5.41) is 19.1. The Balaban J connectivity index is 3.19. The summed E-state index contributed by atoms with van der Waals surface area (Å²) in [6.07, 6.45) is 16.0. The second-order valence-electron chi connectivity index (χ2n) is 7.36. The molecule has 0 saturated heterocycles. The van der Waals surface area contributed by atoms with Crippen LogP contribution in [0.5, 0.6) is 0 Å². The molecule has 0 spiro atoms. The molecule has 0 rings (SSSR count). The molecule has 152 valence electrons. The third-order valence-corrected chi connectivity index (χ3v) is 4.81. The van der Waals surface area contributed by atoms with E-state index < -0.39 is 12.5 Å². The Bertz CT molecular complexity index is 252. The highest BCUT2D eigenvalue weighted by Crippen LogP contribution is 2.12. The van der Waals surface area contributed by atoms with E-state index in [2.05, 4.69) is 6.92 Å². The molecular weight excluding hydrogens is 314 g/mol. The van der Waals surface area contributed by atoms with Gasteiger partial charge in [0.2, 0.25) is 0 Å². The molecule has 4 nitrogen and oxygen atoms in total. The minimum Gasteiger partial charge on any atom is -0.381 e. The van der Waals surface area contributed by atoms with Crippen molar-refractivity contribution in [2.75, 3.05) is 19.8 Å². The number of aliphatic hydroxyl groups is 2. The fourth-order valence-corrected chi connectivity index (χ4v) is 3.18. The highest BCUT2D eigenvalue weighted by molar-refractivity contribution is 4.58. The zero-order valence-electron chi connectivity index (χ0n) is 17.2. The van der Waals surface area contributed by atoms with Gasteiger partial charge in [0.25, 0.3) is 0 Å². The van der Waals surface area contributed by atoms with E-state index in [1.54, 1.807) is 18.7 Å². The summed E-state index contributed by atoms with van der Waals surface area (Å²) in [6.45, 7) is 7.83. The second kappa shape index (κ2) is 18.6. The lowest BCUT2D eigenvalue weighted by Crippen LogP contribution is -2.41. The van der Waals surface area contributed by atoms with Crippen LogP contribution in [-0.4, -0.2) is 47.3 Å². The summed E-state index contributed by atoms with van der Waals surface area (Å²) in [6, 6.07) is 0. The third kappa shape index (κ3) is 17.0. The van der Waals surface area contributed by atoms with Crippen molar-refractivity contribution in [3.05, 3.63) is 0 Å². The van der Waals surface area contributed by atoms with Crippen LogP contribution in [0.1, 0.15) is 104 Å². The Morgan fingerprint density at radius 3 is 1.48 bits per heavy atom. The van der Waals surface area contributed by atoms with E-state index in [0.717, 1.165) is 19.4 Å². The van der Waals surface area contributed by atoms with Gasteiger partial charge < -0.3 is 14.9 Å². The van der Waals surface area contributed by atoms with Crippen LogP contribution in [0.15, 0.2) is 0 Å². The Morgan fingerprint density at radius 1 is 0.640 bits per heavy atom. The molecule has 0 bridgehead atoms. The first-order chi connectivity index (χ1) is 12.1. The van der Waals surface area contributed by atoms with Crippen LogP contribution in [-0.2, 0) is 4.74 Å². The monoisotopic (exact) mass is 359 g/mol. The van der Waals surface area contributed by atoms with Crippen molar-refractivity contribution < 1.29 is 14.9 Å². The topological polar surface area (TPSA) is 52.9 Å². The van der Waals surface area contributed by atoms with Crippen LogP contribution in [0, 0.1) is 0 Å². The van der Waals surface area contributed by atoms with Crippen LogP contribution in [0.25, 0.3) is 0 Å². The first-order valence-electron chi connectivity index (χ1n) is 10.8. The highest BCUT2D eigenvalue weighted by Gasteiger charge is 2.14. The molecule has 2 N–H and O–H groups in total. The molecule has 0 aliphatic carbocycles. The molecule has 2 unspecified atom stereocenters. The zero-order valence-corrected chi connectivity index (χ0v) is 17.2. The molecule has 25 heavy (non-hydrogen) atoms. The second-order valence-corrected chi connectivity index (χ2v) is 7.36. The average molecular weight is 360 g/mol. The zero-order chi connectivity index (χ0) is 18.8. The quantitative estimate of drug-likeness (QED) is 0.250. The summed E-state index contributed by atoms with van der Waals surface area (Å²) >= 11 is 0. The molecule has 0 amide bonds. The van der Waals surface area contributed by atoms with Crippen LogP contribution in [0.4, 0.5) is 0 Å². The summed E-state index contributed by atoms with van der Waals surface area (Å²) < 4.78 is 5.65. The van der Waals surface area contributed by atoms with Crippen LogP contribution >= 0.6 is 0 Å². The molecule has 0 heterocycles. The number of rotatable bonds is 19. The van der Waals surface area contributed by atoms with E-state index in [0.29, 0.717) is 13.2 Å². The van der Waals surface area contributed by atoms with Crippen molar-refractivity contribution in [2.24, 2.45) is 0 Å². The average Bonchev–Trinajstić information content (AvgIpc) is 2.57. The van der Waals surface area contributed by atoms with E-state index in [1.165, 1.54) is 70.6 Å². The van der Waals surface area contributed by atoms with Gasteiger partial charge in [0, 0.05) is 19.8 Å². The number of unbranched alkanes of at least 4 members (excludes halogenated alkanes) is 11. The fourth-order valence-electron chi connectivity index (χ4n) is 3.18. The van der Waals surface area contributed by atoms with E-state index in [9.17, 15) is 10.2 Å². The van der Waals surface area contributed by atoms with Crippen molar-refractivity contribution in [1.29, 1.82) is 0 Å². The lowest BCUT2D eigenvalue weighted by molar-refractivity contribution is -0.0866. The first kappa shape index (κ1) is 24.8. The smallest absolute Gasteiger partial charge is 0.106 e. The van der Waals surface area contributed by atoms with Gasteiger partial charge in [-0.3, -0.25) is 4.90 Å². The predicted molar refractivity (Wildman–Crippen MR) is 107 cm³/mol. The Kier molecular flexibility index (Phi) is 18.5. The summed E-state index contributed by atoms with van der Waals surface area (Å²) in [7, 11) is 0. The van der Waals surface area contributed by atoms with Crippen molar-refractivity contribution in [3.63, 3.8) is 0 Å². The number of hydrogen-bond acceptors (Lipinski definition) is 4. The highest BCUT2D eigenvalue weighted by atomic mass is 16.5. The van der Waals surface area contributed by atoms with Gasteiger partial charge in [-0.1, -0.05) is 77.6 Å². The van der Waals surface area contributed by atoms with Gasteiger partial charge >= 0.3 is 0 Å². The Morgan fingerprint density at radius 2 is 1.04 bits per heavy atom. The normalized spacial score (nSPS) is 14.2. The maximum atomic E-state index is 9.53. The summed E-state index contributed by atoms with van der Waals surface area (Å²) in [5.41, 5.74) is 0. The minimum absolute atomic E-state index is 0.614. The first-order valence-corrected chi connectivity index (χ1v) is 10.8. The third-order valence-electron chi connectivity index (χ3n) is 4.81. The SMILES string of the molecule is CCCCCCCCCCCCCCOCCCN(C(C)O)C(C)O. The molecule has 0 aromatic carbocycles. The standard InChI is InChI=1S/C21H45NO3/c1-4-5-6-7-8-9-10-11-12-13-14-15-18-25-19-16-17-22(20(2)23)21(3)24/h20-21,23-24H,4-19H2,1-3H3. The molecule has 0 aliphatic heterocycles. The molecule has 4 heteroatoms. The number of nitrogens with zero attached hydrogens (tertiary/aromatic N) is 1. The maximum absolute atomic E-state index is 9.53. The number of ether oxygens (including phenoxy) is 1. The van der Waals surface area contributed by atoms with Crippen molar-refractivity contribution >= 4 is 0 Å².